The van der Waals surface area contributed by atoms with E-state index >= 15 is 0 Å². The summed E-state index contributed by atoms with van der Waals surface area (Å²) in [5.74, 6) is 0.861. The van der Waals surface area contributed by atoms with Crippen molar-refractivity contribution >= 4 is 0 Å². The minimum atomic E-state index is -0.304. The third-order valence-electron chi connectivity index (χ3n) is 2.57. The lowest BCUT2D eigenvalue weighted by atomic mass is 10.0. The summed E-state index contributed by atoms with van der Waals surface area (Å²) in [6.07, 6.45) is 1.99. The number of methoxy groups -OCH3 is 1. The number of ether oxygens (including phenoxy) is 1. The van der Waals surface area contributed by atoms with Gasteiger partial charge < -0.3 is 15.6 Å². The van der Waals surface area contributed by atoms with Gasteiger partial charge in [0.2, 0.25) is 0 Å². The molecule has 1 rings (SSSR count). The van der Waals surface area contributed by atoms with Gasteiger partial charge in [-0.15, -0.1) is 0 Å². The van der Waals surface area contributed by atoms with E-state index in [1.54, 1.807) is 7.11 Å². The first-order valence-corrected chi connectivity index (χ1v) is 5.68. The highest BCUT2D eigenvalue weighted by Crippen LogP contribution is 2.14. The summed E-state index contributed by atoms with van der Waals surface area (Å²) in [7, 11) is 1.65. The third-order valence-corrected chi connectivity index (χ3v) is 2.57. The van der Waals surface area contributed by atoms with Crippen molar-refractivity contribution in [3.63, 3.8) is 0 Å². The molecule has 0 fully saturated rings. The Kier molecular flexibility index (Phi) is 5.29. The molecule has 0 radical (unpaired) electrons. The molecule has 0 heterocycles. The molecule has 0 aliphatic carbocycles. The Labute approximate surface area is 97.2 Å². The highest BCUT2D eigenvalue weighted by molar-refractivity contribution is 5.27. The zero-order valence-electron chi connectivity index (χ0n) is 10.0. The fraction of sp³-hybridized carbons (Fsp3) is 0.538. The van der Waals surface area contributed by atoms with Crippen LogP contribution in [0.4, 0.5) is 0 Å². The van der Waals surface area contributed by atoms with E-state index < -0.39 is 0 Å². The van der Waals surface area contributed by atoms with Crippen LogP contribution in [0.5, 0.6) is 5.75 Å². The molecule has 2 unspecified atom stereocenters. The van der Waals surface area contributed by atoms with E-state index in [1.165, 1.54) is 5.56 Å². The quantitative estimate of drug-likeness (QED) is 0.772. The molecular formula is C13H21NO2. The largest absolute Gasteiger partial charge is 0.497 e. The van der Waals surface area contributed by atoms with E-state index in [1.807, 2.05) is 31.2 Å². The van der Waals surface area contributed by atoms with E-state index in [4.69, 9.17) is 10.5 Å². The first-order valence-electron chi connectivity index (χ1n) is 5.68. The maximum absolute atomic E-state index is 9.68. The van der Waals surface area contributed by atoms with Crippen molar-refractivity contribution in [3.8, 4) is 5.75 Å². The maximum atomic E-state index is 9.68. The van der Waals surface area contributed by atoms with Crippen LogP contribution in [-0.2, 0) is 6.42 Å². The lowest BCUT2D eigenvalue weighted by molar-refractivity contribution is 0.148. The van der Waals surface area contributed by atoms with Crippen molar-refractivity contribution in [2.45, 2.75) is 38.3 Å². The van der Waals surface area contributed by atoms with E-state index in [2.05, 4.69) is 0 Å². The van der Waals surface area contributed by atoms with Gasteiger partial charge in [0.25, 0.3) is 0 Å². The van der Waals surface area contributed by atoms with Crippen LogP contribution in [-0.4, -0.2) is 24.4 Å². The van der Waals surface area contributed by atoms with Gasteiger partial charge >= 0.3 is 0 Å². The first kappa shape index (κ1) is 13.0. The molecule has 90 valence electrons. The molecule has 16 heavy (non-hydrogen) atoms. The van der Waals surface area contributed by atoms with Crippen LogP contribution in [0.25, 0.3) is 0 Å². The second kappa shape index (κ2) is 6.51. The smallest absolute Gasteiger partial charge is 0.118 e. The molecule has 0 aromatic heterocycles. The Morgan fingerprint density at radius 1 is 1.31 bits per heavy atom. The average Bonchev–Trinajstić information content (AvgIpc) is 2.26. The summed E-state index contributed by atoms with van der Waals surface area (Å²) < 4.78 is 5.08. The van der Waals surface area contributed by atoms with Crippen molar-refractivity contribution in [1.29, 1.82) is 0 Å². The molecule has 0 aliphatic rings. The fourth-order valence-electron chi connectivity index (χ4n) is 1.67. The minimum Gasteiger partial charge on any atom is -0.497 e. The van der Waals surface area contributed by atoms with Gasteiger partial charge in [-0.25, -0.2) is 0 Å². The van der Waals surface area contributed by atoms with Crippen molar-refractivity contribution < 1.29 is 9.84 Å². The molecule has 0 aliphatic heterocycles. The predicted molar refractivity (Wildman–Crippen MR) is 65.6 cm³/mol. The SMILES string of the molecule is COc1ccc(CCC(O)CC(C)N)cc1. The number of nitrogens with two attached hydrogens (primary N) is 1. The lowest BCUT2D eigenvalue weighted by Crippen LogP contribution is -2.23. The Morgan fingerprint density at radius 3 is 2.44 bits per heavy atom. The summed E-state index contributed by atoms with van der Waals surface area (Å²) >= 11 is 0. The summed E-state index contributed by atoms with van der Waals surface area (Å²) in [6.45, 7) is 1.91. The topological polar surface area (TPSA) is 55.5 Å². The molecule has 1 aromatic carbocycles. The monoisotopic (exact) mass is 223 g/mol. The van der Waals surface area contributed by atoms with Crippen LogP contribution in [0.3, 0.4) is 0 Å². The van der Waals surface area contributed by atoms with E-state index in [9.17, 15) is 5.11 Å². The van der Waals surface area contributed by atoms with E-state index in [0.717, 1.165) is 18.6 Å². The number of aliphatic hydroxyl groups excluding tert-OH is 1. The van der Waals surface area contributed by atoms with Crippen LogP contribution < -0.4 is 10.5 Å². The molecule has 3 heteroatoms. The molecule has 0 bridgehead atoms. The fourth-order valence-corrected chi connectivity index (χ4v) is 1.67. The normalized spacial score (nSPS) is 14.5. The van der Waals surface area contributed by atoms with Gasteiger partial charge in [-0.05, 0) is 43.9 Å². The highest BCUT2D eigenvalue weighted by atomic mass is 16.5. The van der Waals surface area contributed by atoms with Crippen LogP contribution in [0.1, 0.15) is 25.3 Å². The standard InChI is InChI=1S/C13H21NO2/c1-10(14)9-12(15)6-3-11-4-7-13(16-2)8-5-11/h4-5,7-8,10,12,15H,3,6,9,14H2,1-2H3. The number of aliphatic hydroxyl groups is 1. The zero-order chi connectivity index (χ0) is 12.0. The van der Waals surface area contributed by atoms with Gasteiger partial charge in [0.1, 0.15) is 5.75 Å². The van der Waals surface area contributed by atoms with Gasteiger partial charge in [-0.2, -0.15) is 0 Å². The molecule has 3 N–H and O–H groups in total. The molecule has 2 atom stereocenters. The second-order valence-electron chi connectivity index (χ2n) is 4.25. The minimum absolute atomic E-state index is 0.0610. The number of aryl methyl sites for hydroxylation is 1. The van der Waals surface area contributed by atoms with Crippen molar-refractivity contribution in [2.75, 3.05) is 7.11 Å². The highest BCUT2D eigenvalue weighted by Gasteiger charge is 2.07. The zero-order valence-corrected chi connectivity index (χ0v) is 10.0. The summed E-state index contributed by atoms with van der Waals surface area (Å²) in [5.41, 5.74) is 6.84. The molecule has 3 nitrogen and oxygen atoms in total. The van der Waals surface area contributed by atoms with Crippen molar-refractivity contribution in [1.82, 2.24) is 0 Å². The molecule has 0 amide bonds. The first-order chi connectivity index (χ1) is 7.61. The van der Waals surface area contributed by atoms with Crippen molar-refractivity contribution in [2.24, 2.45) is 5.73 Å². The number of rotatable bonds is 6. The lowest BCUT2D eigenvalue weighted by Gasteiger charge is -2.12. The number of hydrogen-bond donors (Lipinski definition) is 2. The van der Waals surface area contributed by atoms with Crippen LogP contribution in [0.2, 0.25) is 0 Å². The number of hydrogen-bond acceptors (Lipinski definition) is 3. The molecule has 0 spiro atoms. The van der Waals surface area contributed by atoms with Gasteiger partial charge in [0, 0.05) is 6.04 Å². The molecule has 0 saturated heterocycles. The Balaban J connectivity index is 2.36. The van der Waals surface area contributed by atoms with Gasteiger partial charge in [-0.3, -0.25) is 0 Å². The van der Waals surface area contributed by atoms with E-state index in [-0.39, 0.29) is 12.1 Å². The third kappa shape index (κ3) is 4.64. The average molecular weight is 223 g/mol. The summed E-state index contributed by atoms with van der Waals surface area (Å²) in [6, 6.07) is 7.99. The predicted octanol–water partition coefficient (Wildman–Crippen LogP) is 1.73. The maximum Gasteiger partial charge on any atom is 0.118 e. The number of benzene rings is 1. The molecule has 0 saturated carbocycles. The summed E-state index contributed by atoms with van der Waals surface area (Å²) in [4.78, 5) is 0. The van der Waals surface area contributed by atoms with Crippen molar-refractivity contribution in [3.05, 3.63) is 29.8 Å². The van der Waals surface area contributed by atoms with Gasteiger partial charge in [0.15, 0.2) is 0 Å². The molecular weight excluding hydrogens is 202 g/mol. The molecule has 1 aromatic rings. The van der Waals surface area contributed by atoms with Crippen LogP contribution in [0, 0.1) is 0 Å². The summed E-state index contributed by atoms with van der Waals surface area (Å²) in [5, 5.41) is 9.68. The van der Waals surface area contributed by atoms with Crippen LogP contribution >= 0.6 is 0 Å². The Hall–Kier alpha value is -1.06. The van der Waals surface area contributed by atoms with Gasteiger partial charge in [-0.1, -0.05) is 12.1 Å². The van der Waals surface area contributed by atoms with Crippen LogP contribution in [0.15, 0.2) is 24.3 Å². The Morgan fingerprint density at radius 2 is 1.94 bits per heavy atom. The second-order valence-corrected chi connectivity index (χ2v) is 4.25. The van der Waals surface area contributed by atoms with Gasteiger partial charge in [0.05, 0.1) is 13.2 Å². The Bertz CT molecular complexity index is 295. The van der Waals surface area contributed by atoms with E-state index in [0.29, 0.717) is 6.42 Å².